The van der Waals surface area contributed by atoms with Gasteiger partial charge in [0.1, 0.15) is 17.7 Å². The highest BCUT2D eigenvalue weighted by atomic mass is 19.1. The summed E-state index contributed by atoms with van der Waals surface area (Å²) in [4.78, 5) is 4.25. The quantitative estimate of drug-likeness (QED) is 0.804. The summed E-state index contributed by atoms with van der Waals surface area (Å²) in [6, 6.07) is 4.42. The molecule has 1 N–H and O–H groups in total. The summed E-state index contributed by atoms with van der Waals surface area (Å²) in [6.07, 6.45) is 2.14. The van der Waals surface area contributed by atoms with Gasteiger partial charge in [0.2, 0.25) is 5.89 Å². The van der Waals surface area contributed by atoms with Gasteiger partial charge in [-0.2, -0.15) is 4.98 Å². The molecule has 7 heteroatoms. The van der Waals surface area contributed by atoms with Crippen LogP contribution in [0.5, 0.6) is 5.75 Å². The Kier molecular flexibility index (Phi) is 4.76. The summed E-state index contributed by atoms with van der Waals surface area (Å²) in [7, 11) is 1.58. The summed E-state index contributed by atoms with van der Waals surface area (Å²) >= 11 is 0. The highest BCUT2D eigenvalue weighted by Gasteiger charge is 2.22. The zero-order valence-corrected chi connectivity index (χ0v) is 13.2. The molecule has 1 atom stereocenters. The van der Waals surface area contributed by atoms with Crippen LogP contribution in [0.15, 0.2) is 22.7 Å². The number of halogens is 1. The Labute approximate surface area is 134 Å². The lowest BCUT2D eigenvalue weighted by Gasteiger charge is -2.12. The second-order valence-corrected chi connectivity index (χ2v) is 5.67. The molecule has 1 saturated carbocycles. The van der Waals surface area contributed by atoms with Crippen molar-refractivity contribution in [3.05, 3.63) is 35.7 Å². The van der Waals surface area contributed by atoms with Crippen molar-refractivity contribution < 1.29 is 18.4 Å². The van der Waals surface area contributed by atoms with E-state index in [1.54, 1.807) is 13.2 Å². The third-order valence-electron chi connectivity index (χ3n) is 3.75. The minimum Gasteiger partial charge on any atom is -0.491 e. The predicted molar refractivity (Wildman–Crippen MR) is 81.7 cm³/mol. The molecule has 3 rings (SSSR count). The van der Waals surface area contributed by atoms with Gasteiger partial charge < -0.3 is 19.3 Å². The standard InChI is InChI=1S/C16H20FN3O3/c1-10(21-2)16-19-15(23-20-16)8-18-13-6-5-12(17)7-14(13)22-9-11-3-4-11/h5-7,10-11,18H,3-4,8-9H2,1-2H3. The molecule has 1 fully saturated rings. The van der Waals surface area contributed by atoms with Crippen molar-refractivity contribution in [3.8, 4) is 5.75 Å². The van der Waals surface area contributed by atoms with Crippen LogP contribution < -0.4 is 10.1 Å². The van der Waals surface area contributed by atoms with Crippen molar-refractivity contribution in [1.82, 2.24) is 10.1 Å². The van der Waals surface area contributed by atoms with Crippen LogP contribution in [-0.4, -0.2) is 23.9 Å². The Morgan fingerprint density at radius 2 is 2.26 bits per heavy atom. The van der Waals surface area contributed by atoms with Gasteiger partial charge in [0.25, 0.3) is 0 Å². The normalized spacial score (nSPS) is 15.4. The molecule has 0 amide bonds. The topological polar surface area (TPSA) is 69.4 Å². The number of anilines is 1. The smallest absolute Gasteiger partial charge is 0.246 e. The van der Waals surface area contributed by atoms with Gasteiger partial charge in [0, 0.05) is 13.2 Å². The average Bonchev–Trinajstić information content (AvgIpc) is 3.27. The van der Waals surface area contributed by atoms with E-state index in [2.05, 4.69) is 15.5 Å². The Bertz CT molecular complexity index is 658. The molecular weight excluding hydrogens is 301 g/mol. The van der Waals surface area contributed by atoms with Crippen LogP contribution in [0.25, 0.3) is 0 Å². The molecule has 0 spiro atoms. The molecular formula is C16H20FN3O3. The Morgan fingerprint density at radius 1 is 1.43 bits per heavy atom. The van der Waals surface area contributed by atoms with Crippen molar-refractivity contribution in [1.29, 1.82) is 0 Å². The van der Waals surface area contributed by atoms with Gasteiger partial charge in [-0.1, -0.05) is 5.16 Å². The number of hydrogen-bond donors (Lipinski definition) is 1. The summed E-state index contributed by atoms with van der Waals surface area (Å²) in [5, 5.41) is 7.00. The van der Waals surface area contributed by atoms with Crippen molar-refractivity contribution >= 4 is 5.69 Å². The number of methoxy groups -OCH3 is 1. The number of rotatable bonds is 8. The van der Waals surface area contributed by atoms with Gasteiger partial charge in [-0.05, 0) is 37.8 Å². The van der Waals surface area contributed by atoms with Crippen molar-refractivity contribution in [2.45, 2.75) is 32.4 Å². The molecule has 1 heterocycles. The van der Waals surface area contributed by atoms with Gasteiger partial charge in [-0.3, -0.25) is 0 Å². The first-order valence-corrected chi connectivity index (χ1v) is 7.67. The van der Waals surface area contributed by atoms with Crippen LogP contribution in [0.1, 0.15) is 37.6 Å². The lowest BCUT2D eigenvalue weighted by atomic mass is 10.2. The van der Waals surface area contributed by atoms with Gasteiger partial charge in [-0.25, -0.2) is 4.39 Å². The molecule has 0 radical (unpaired) electrons. The minimum absolute atomic E-state index is 0.226. The van der Waals surface area contributed by atoms with Gasteiger partial charge in [-0.15, -0.1) is 0 Å². The number of benzene rings is 1. The number of hydrogen-bond acceptors (Lipinski definition) is 6. The zero-order valence-electron chi connectivity index (χ0n) is 13.2. The molecule has 0 bridgehead atoms. The van der Waals surface area contributed by atoms with E-state index in [9.17, 15) is 4.39 Å². The highest BCUT2D eigenvalue weighted by Crippen LogP contribution is 2.32. The second-order valence-electron chi connectivity index (χ2n) is 5.67. The molecule has 0 saturated heterocycles. The monoisotopic (exact) mass is 321 g/mol. The zero-order chi connectivity index (χ0) is 16.2. The third kappa shape index (κ3) is 4.19. The molecule has 1 aromatic heterocycles. The molecule has 0 aliphatic heterocycles. The summed E-state index contributed by atoms with van der Waals surface area (Å²) in [6.45, 7) is 2.79. The van der Waals surface area contributed by atoms with Crippen molar-refractivity contribution in [2.24, 2.45) is 5.92 Å². The molecule has 1 unspecified atom stereocenters. The fraction of sp³-hybridized carbons (Fsp3) is 0.500. The Morgan fingerprint density at radius 3 is 3.00 bits per heavy atom. The maximum atomic E-state index is 13.4. The predicted octanol–water partition coefficient (Wildman–Crippen LogP) is 3.32. The van der Waals surface area contributed by atoms with Crippen molar-refractivity contribution in [3.63, 3.8) is 0 Å². The van der Waals surface area contributed by atoms with Crippen LogP contribution in [0.2, 0.25) is 0 Å². The van der Waals surface area contributed by atoms with Crippen LogP contribution in [0.3, 0.4) is 0 Å². The fourth-order valence-corrected chi connectivity index (χ4v) is 2.03. The van der Waals surface area contributed by atoms with E-state index in [0.717, 1.165) is 0 Å². The molecule has 23 heavy (non-hydrogen) atoms. The SMILES string of the molecule is COC(C)c1noc(CNc2ccc(F)cc2OCC2CC2)n1. The van der Waals surface area contributed by atoms with E-state index in [0.29, 0.717) is 42.2 Å². The molecule has 1 aliphatic carbocycles. The number of nitrogens with zero attached hydrogens (tertiary/aromatic N) is 2. The van der Waals surface area contributed by atoms with Crippen LogP contribution in [-0.2, 0) is 11.3 Å². The second kappa shape index (κ2) is 6.95. The molecule has 124 valence electrons. The lowest BCUT2D eigenvalue weighted by Crippen LogP contribution is -2.06. The van der Waals surface area contributed by atoms with Gasteiger partial charge >= 0.3 is 0 Å². The molecule has 6 nitrogen and oxygen atoms in total. The number of nitrogens with one attached hydrogen (secondary N) is 1. The summed E-state index contributed by atoms with van der Waals surface area (Å²) in [5.41, 5.74) is 0.701. The van der Waals surface area contributed by atoms with Gasteiger partial charge in [0.05, 0.1) is 18.8 Å². The van der Waals surface area contributed by atoms with Crippen LogP contribution in [0, 0.1) is 11.7 Å². The van der Waals surface area contributed by atoms with Crippen molar-refractivity contribution in [2.75, 3.05) is 19.0 Å². The van der Waals surface area contributed by atoms with E-state index < -0.39 is 0 Å². The third-order valence-corrected chi connectivity index (χ3v) is 3.75. The molecule has 1 aromatic carbocycles. The van der Waals surface area contributed by atoms with E-state index in [-0.39, 0.29) is 11.9 Å². The van der Waals surface area contributed by atoms with Crippen LogP contribution in [0.4, 0.5) is 10.1 Å². The summed E-state index contributed by atoms with van der Waals surface area (Å²) in [5.74, 6) is 1.70. The van der Waals surface area contributed by atoms with Crippen LogP contribution >= 0.6 is 0 Å². The largest absolute Gasteiger partial charge is 0.491 e. The first-order valence-electron chi connectivity index (χ1n) is 7.67. The lowest BCUT2D eigenvalue weighted by molar-refractivity contribution is 0.109. The number of ether oxygens (including phenoxy) is 2. The van der Waals surface area contributed by atoms with E-state index in [1.165, 1.54) is 25.0 Å². The maximum Gasteiger partial charge on any atom is 0.246 e. The van der Waals surface area contributed by atoms with E-state index >= 15 is 0 Å². The maximum absolute atomic E-state index is 13.4. The highest BCUT2D eigenvalue weighted by molar-refractivity contribution is 5.56. The van der Waals surface area contributed by atoms with E-state index in [4.69, 9.17) is 14.0 Å². The Hall–Kier alpha value is -2.15. The summed E-state index contributed by atoms with van der Waals surface area (Å²) < 4.78 is 29.4. The van der Waals surface area contributed by atoms with Gasteiger partial charge in [0.15, 0.2) is 5.82 Å². The number of aromatic nitrogens is 2. The van der Waals surface area contributed by atoms with E-state index in [1.807, 2.05) is 6.92 Å². The fourth-order valence-electron chi connectivity index (χ4n) is 2.03. The molecule has 1 aliphatic rings. The average molecular weight is 321 g/mol. The first-order chi connectivity index (χ1) is 11.2. The minimum atomic E-state index is -0.324. The first kappa shape index (κ1) is 15.7. The molecule has 2 aromatic rings. The Balaban J connectivity index is 1.63.